The monoisotopic (exact) mass is 1550 g/mol. The minimum atomic E-state index is -0.264. The zero-order valence-electron chi connectivity index (χ0n) is 63.7. The van der Waals surface area contributed by atoms with Gasteiger partial charge in [0.05, 0.1) is 77.4 Å². The lowest BCUT2D eigenvalue weighted by Gasteiger charge is -2.38. The number of nitrogens with zero attached hydrogens (tertiary/aromatic N) is 12. The predicted molar refractivity (Wildman–Crippen MR) is 449 cm³/mol. The van der Waals surface area contributed by atoms with E-state index < -0.39 is 0 Å². The number of amides is 2. The number of Topliss-reactive ketones (excluding diaryl/α,β-unsaturated/α-hetero) is 1. The SMILES string of the molecule is C=C1CN=C(c2ccc(Cl)cc2)c2cc(Cl)ccc2N1C.CC(=O)Cn1c(=O)n(C)c2cnc(-c3ccccc3)nc21.CCOc1ccccc1-n1c(C(C)N2CCN(C(=O)COc3ccc(Cl)cc3)CC2)nc2ccccc2c1=O.Cc1ccccc1-c1nc(C(=O)N(C)c2ccccc2OC(C)C)cc2ccccc12. The number of piperazine rings is 1. The second-order valence-electron chi connectivity index (χ2n) is 27.1. The Morgan fingerprint density at radius 2 is 1.27 bits per heavy atom. The molecule has 1 fully saturated rings. The number of ketones is 1. The fourth-order valence-electron chi connectivity index (χ4n) is 13.2. The van der Waals surface area contributed by atoms with E-state index in [1.807, 2.05) is 221 Å². The number of hydrogen-bond donors (Lipinski definition) is 0. The normalized spacial score (nSPS) is 13.0. The highest BCUT2D eigenvalue weighted by Crippen LogP contribution is 2.36. The van der Waals surface area contributed by atoms with Crippen LogP contribution in [0.2, 0.25) is 15.1 Å². The highest BCUT2D eigenvalue weighted by atomic mass is 35.5. The number of benzodiazepines with no additional fused rings is 1. The summed E-state index contributed by atoms with van der Waals surface area (Å²) in [6, 6.07) is 70.3. The van der Waals surface area contributed by atoms with Crippen LogP contribution in [0.5, 0.6) is 17.2 Å². The Hall–Kier alpha value is -12.1. The number of imidazole rings is 1. The average molecular weight is 1560 g/mol. The molecule has 6 heterocycles. The topological polar surface area (TPSA) is 205 Å². The molecule has 9 aromatic carbocycles. The number of hydrogen-bond acceptors (Lipinski definition) is 15. The number of benzene rings is 9. The smallest absolute Gasteiger partial charge is 0.330 e. The zero-order chi connectivity index (χ0) is 79.3. The number of aromatic nitrogens is 7. The summed E-state index contributed by atoms with van der Waals surface area (Å²) in [5.41, 5.74) is 11.9. The van der Waals surface area contributed by atoms with Crippen LogP contribution >= 0.6 is 34.8 Å². The predicted octanol–water partition coefficient (Wildman–Crippen LogP) is 17.2. The molecule has 0 N–H and O–H groups in total. The van der Waals surface area contributed by atoms with Crippen LogP contribution < -0.4 is 35.3 Å². The van der Waals surface area contributed by atoms with E-state index in [9.17, 15) is 24.0 Å². The number of halogens is 3. The minimum Gasteiger partial charge on any atom is -0.492 e. The number of ether oxygens (including phenoxy) is 3. The standard InChI is InChI=1S/C30H31ClN4O4.C27H26N2O2.C17H14Cl2N2.C15H14N4O2/c1-3-38-27-11-7-6-10-26(27)35-29(32-25-9-5-4-8-24(25)30(35)37)21(2)33-16-18-34(19-17-33)28(36)20-39-23-14-12-22(31)13-15-23;1-18(2)31-25-16-10-9-15-24(25)29(4)27(30)23-17-20-12-6-8-14-22(20)26(28-23)21-13-7-5-11-19(21)3;1-11-10-20-17(12-3-5-13(18)6-4-12)15-9-14(19)7-8-16(15)21(11)2;1-10(20)9-19-14-12(18(2)15(19)21)8-16-13(17-14)11-6-4-3-5-7-11/h4-15,21H,3,16-20H2,1-2H3;5-18H,1-4H3;3-9H,1,10H2,2H3;3-8H,9H2,1-2H3. The van der Waals surface area contributed by atoms with Gasteiger partial charge in [-0.2, -0.15) is 0 Å². The number of para-hydroxylation sites is 5. The van der Waals surface area contributed by atoms with E-state index in [0.29, 0.717) is 122 Å². The lowest BCUT2D eigenvalue weighted by Crippen LogP contribution is -2.51. The van der Waals surface area contributed by atoms with Crippen molar-refractivity contribution in [1.29, 1.82) is 0 Å². The van der Waals surface area contributed by atoms with Gasteiger partial charge in [-0.15, -0.1) is 0 Å². The first kappa shape index (κ1) is 79.5. The number of carbonyl (C=O) groups is 3. The van der Waals surface area contributed by atoms with Crippen molar-refractivity contribution in [2.24, 2.45) is 12.0 Å². The van der Waals surface area contributed by atoms with E-state index in [1.54, 1.807) is 60.1 Å². The third kappa shape index (κ3) is 18.3. The van der Waals surface area contributed by atoms with Crippen molar-refractivity contribution in [3.63, 3.8) is 0 Å². The number of rotatable bonds is 17. The second-order valence-corrected chi connectivity index (χ2v) is 28.4. The van der Waals surface area contributed by atoms with Crippen LogP contribution in [0.1, 0.15) is 73.7 Å². The highest BCUT2D eigenvalue weighted by Gasteiger charge is 2.30. The van der Waals surface area contributed by atoms with Crippen LogP contribution in [0.25, 0.3) is 61.2 Å². The number of fused-ring (bicyclic) bond motifs is 4. The van der Waals surface area contributed by atoms with E-state index in [-0.39, 0.29) is 54.1 Å². The minimum absolute atomic E-state index is 0.0103. The van der Waals surface area contributed by atoms with Gasteiger partial charge < -0.3 is 28.9 Å². The molecule has 23 heteroatoms. The Morgan fingerprint density at radius 3 is 1.97 bits per heavy atom. The van der Waals surface area contributed by atoms with Gasteiger partial charge in [0.2, 0.25) is 0 Å². The van der Waals surface area contributed by atoms with Gasteiger partial charge in [-0.3, -0.25) is 42.8 Å². The first-order valence-corrected chi connectivity index (χ1v) is 37.8. The first-order chi connectivity index (χ1) is 54.0. The van der Waals surface area contributed by atoms with Crippen molar-refractivity contribution in [2.45, 2.75) is 60.2 Å². The van der Waals surface area contributed by atoms with Crippen molar-refractivity contribution in [1.82, 2.24) is 43.4 Å². The van der Waals surface area contributed by atoms with Gasteiger partial charge in [-0.25, -0.2) is 24.7 Å². The molecule has 2 amide bonds. The van der Waals surface area contributed by atoms with Crippen LogP contribution in [0.3, 0.4) is 0 Å². The van der Waals surface area contributed by atoms with E-state index in [1.165, 1.54) is 16.1 Å². The van der Waals surface area contributed by atoms with Gasteiger partial charge in [0.25, 0.3) is 17.4 Å². The Kier molecular flexibility index (Phi) is 25.7. The number of anilines is 2. The Bertz CT molecular complexity index is 5760. The molecule has 2 aliphatic rings. The van der Waals surface area contributed by atoms with E-state index in [0.717, 1.165) is 61.4 Å². The number of aliphatic imine (C=N–C) groups is 1. The van der Waals surface area contributed by atoms with Crippen LogP contribution in [-0.4, -0.2) is 133 Å². The van der Waals surface area contributed by atoms with Gasteiger partial charge >= 0.3 is 5.69 Å². The third-order valence-corrected chi connectivity index (χ3v) is 19.8. The van der Waals surface area contributed by atoms with Crippen molar-refractivity contribution in [3.8, 4) is 45.6 Å². The first-order valence-electron chi connectivity index (χ1n) is 36.7. The van der Waals surface area contributed by atoms with E-state index >= 15 is 0 Å². The molecule has 570 valence electrons. The molecule has 0 spiro atoms. The number of likely N-dealkylation sites (N-methyl/N-ethyl adjacent to an activating group) is 1. The van der Waals surface area contributed by atoms with Crippen molar-refractivity contribution >= 4 is 102 Å². The largest absolute Gasteiger partial charge is 0.492 e. The molecule has 0 aliphatic carbocycles. The number of pyridine rings is 1. The van der Waals surface area contributed by atoms with Gasteiger partial charge in [-0.1, -0.05) is 169 Å². The third-order valence-electron chi connectivity index (χ3n) is 19.1. The molecule has 0 radical (unpaired) electrons. The molecule has 2 aliphatic heterocycles. The Morgan fingerprint density at radius 1 is 0.634 bits per heavy atom. The summed E-state index contributed by atoms with van der Waals surface area (Å²) >= 11 is 18.1. The summed E-state index contributed by atoms with van der Waals surface area (Å²) in [6.45, 7) is 18.9. The lowest BCUT2D eigenvalue weighted by atomic mass is 9.99. The van der Waals surface area contributed by atoms with Crippen molar-refractivity contribution < 1.29 is 28.6 Å². The van der Waals surface area contributed by atoms with Gasteiger partial charge in [-0.05, 0) is 150 Å². The van der Waals surface area contributed by atoms with Gasteiger partial charge in [0.1, 0.15) is 40.1 Å². The Labute approximate surface area is 665 Å². The van der Waals surface area contributed by atoms with E-state index in [4.69, 9.17) is 64.0 Å². The average Bonchev–Trinajstić information content (AvgIpc) is 1.56. The second kappa shape index (κ2) is 36.2. The summed E-state index contributed by atoms with van der Waals surface area (Å²) in [5, 5.41) is 4.58. The van der Waals surface area contributed by atoms with E-state index in [2.05, 4.69) is 46.3 Å². The summed E-state index contributed by atoms with van der Waals surface area (Å²) in [5.74, 6) is 2.74. The Balaban J connectivity index is 0.000000143. The fraction of sp³-hybridized carbons (Fsp3) is 0.213. The summed E-state index contributed by atoms with van der Waals surface area (Å²) in [4.78, 5) is 94.7. The molecule has 1 saturated heterocycles. The molecule has 15 rings (SSSR count). The van der Waals surface area contributed by atoms with Gasteiger partial charge in [0, 0.05) is 95.7 Å². The highest BCUT2D eigenvalue weighted by molar-refractivity contribution is 6.32. The molecule has 112 heavy (non-hydrogen) atoms. The van der Waals surface area contributed by atoms with Crippen LogP contribution in [0.4, 0.5) is 11.4 Å². The van der Waals surface area contributed by atoms with Crippen molar-refractivity contribution in [2.75, 3.05) is 69.8 Å². The molecule has 1 atom stereocenters. The lowest BCUT2D eigenvalue weighted by molar-refractivity contribution is -0.135. The molecule has 4 aromatic heterocycles. The molecule has 1 unspecified atom stereocenters. The summed E-state index contributed by atoms with van der Waals surface area (Å²) < 4.78 is 21.9. The van der Waals surface area contributed by atoms with Crippen molar-refractivity contribution in [3.05, 3.63) is 307 Å². The number of aryl methyl sites for hydroxylation is 2. The van der Waals surface area contributed by atoms with Gasteiger partial charge in [0.15, 0.2) is 18.1 Å². The summed E-state index contributed by atoms with van der Waals surface area (Å²) in [6.07, 6.45) is 1.62. The maximum atomic E-state index is 13.8. The van der Waals surface area contributed by atoms with Crippen LogP contribution in [-0.2, 0) is 23.2 Å². The molecular weight excluding hydrogens is 1470 g/mol. The fourth-order valence-corrected chi connectivity index (χ4v) is 13.7. The quantitative estimate of drug-likeness (QED) is 0.0832. The summed E-state index contributed by atoms with van der Waals surface area (Å²) in [7, 11) is 5.40. The molecule has 0 saturated carbocycles. The van der Waals surface area contributed by atoms with Crippen LogP contribution in [0, 0.1) is 6.92 Å². The maximum Gasteiger partial charge on any atom is 0.330 e. The van der Waals surface area contributed by atoms with Crippen LogP contribution in [0.15, 0.2) is 258 Å². The number of carbonyl (C=O) groups excluding carboxylic acids is 3. The molecule has 0 bridgehead atoms. The molecular formula is C89H85Cl3N12O8. The zero-order valence-corrected chi connectivity index (χ0v) is 66.0. The molecule has 20 nitrogen and oxygen atoms in total. The maximum absolute atomic E-state index is 13.8. The molecule has 13 aromatic rings.